The Morgan fingerprint density at radius 2 is 1.53 bits per heavy atom. The minimum atomic E-state index is 0.458. The van der Waals surface area contributed by atoms with E-state index in [0.717, 1.165) is 6.54 Å². The highest BCUT2D eigenvalue weighted by Crippen LogP contribution is 1.93. The second-order valence-corrected chi connectivity index (χ2v) is 2.20. The molecular weight excluding hydrogens is 184 g/mol. The predicted octanol–water partition coefficient (Wildman–Crippen LogP) is 3.65. The van der Waals surface area contributed by atoms with Gasteiger partial charge < -0.3 is 10.6 Å². The maximum Gasteiger partial charge on any atom is 0.0263 e. The van der Waals surface area contributed by atoms with Gasteiger partial charge in [0.2, 0.25) is 0 Å². The zero-order valence-corrected chi connectivity index (χ0v) is 11.9. The quantitative estimate of drug-likeness (QED) is 0.730. The van der Waals surface area contributed by atoms with Crippen molar-refractivity contribution in [3.05, 3.63) is 25.4 Å². The first-order valence-corrected chi connectivity index (χ1v) is 5.81. The molecule has 2 N–H and O–H groups in total. The van der Waals surface area contributed by atoms with Gasteiger partial charge in [-0.2, -0.15) is 0 Å². The molecule has 2 nitrogen and oxygen atoms in total. The summed E-state index contributed by atoms with van der Waals surface area (Å²) in [7, 11) is 2.07. The number of hydrogen-bond acceptors (Lipinski definition) is 2. The molecule has 1 atom stereocenters. The average Bonchev–Trinajstić information content (AvgIpc) is 2.36. The maximum absolute atomic E-state index is 5.21. The molecule has 0 aromatic heterocycles. The van der Waals surface area contributed by atoms with Gasteiger partial charge >= 0.3 is 0 Å². The lowest BCUT2D eigenvalue weighted by atomic mass is 10.3. The molecule has 0 amide bonds. The molecule has 0 rings (SSSR count). The van der Waals surface area contributed by atoms with Crippen molar-refractivity contribution in [1.29, 1.82) is 0 Å². The second-order valence-electron chi connectivity index (χ2n) is 2.20. The van der Waals surface area contributed by atoms with Crippen LogP contribution in [0.1, 0.15) is 41.5 Å². The smallest absolute Gasteiger partial charge is 0.0263 e. The normalized spacial score (nSPS) is 10.1. The fourth-order valence-corrected chi connectivity index (χ4v) is 0.596. The molecule has 0 aromatic rings. The van der Waals surface area contributed by atoms with Gasteiger partial charge in [0.25, 0.3) is 0 Å². The Bertz CT molecular complexity index is 101. The van der Waals surface area contributed by atoms with E-state index in [1.165, 1.54) is 0 Å². The molecule has 0 fully saturated rings. The number of rotatable bonds is 3. The van der Waals surface area contributed by atoms with Gasteiger partial charge in [0.1, 0.15) is 0 Å². The van der Waals surface area contributed by atoms with E-state index < -0.39 is 0 Å². The van der Waals surface area contributed by atoms with Crippen molar-refractivity contribution in [3.8, 4) is 0 Å². The van der Waals surface area contributed by atoms with Crippen LogP contribution in [0.5, 0.6) is 0 Å². The van der Waals surface area contributed by atoms with Crippen LogP contribution in [-0.4, -0.2) is 24.5 Å². The van der Waals surface area contributed by atoms with Crippen LogP contribution >= 0.6 is 0 Å². The Balaban J connectivity index is -0.0000000860. The van der Waals surface area contributed by atoms with E-state index in [9.17, 15) is 0 Å². The van der Waals surface area contributed by atoms with Crippen LogP contribution in [0, 0.1) is 0 Å². The first-order valence-electron chi connectivity index (χ1n) is 5.81. The van der Waals surface area contributed by atoms with Crippen LogP contribution < -0.4 is 5.73 Å². The Hall–Kier alpha value is -0.760. The lowest BCUT2D eigenvalue weighted by molar-refractivity contribution is 0.313. The number of nitrogens with two attached hydrogens (primary N) is 1. The summed E-state index contributed by atoms with van der Waals surface area (Å²) < 4.78 is 0. The summed E-state index contributed by atoms with van der Waals surface area (Å²) in [5.41, 5.74) is 5.21. The fourth-order valence-electron chi connectivity index (χ4n) is 0.596. The Kier molecular flexibility index (Phi) is 46.4. The molecule has 15 heavy (non-hydrogen) atoms. The zero-order chi connectivity index (χ0) is 13.3. The van der Waals surface area contributed by atoms with E-state index in [2.05, 4.69) is 39.0 Å². The SMILES string of the molecule is C=C.CC.CC.CCN(C)C(C)/C=C\N. The fraction of sp³-hybridized carbons (Fsp3) is 0.692. The van der Waals surface area contributed by atoms with E-state index in [4.69, 9.17) is 5.73 Å². The molecule has 94 valence electrons. The minimum Gasteiger partial charge on any atom is -0.405 e. The summed E-state index contributed by atoms with van der Waals surface area (Å²) in [6.45, 7) is 19.3. The van der Waals surface area contributed by atoms with Crippen LogP contribution in [0.3, 0.4) is 0 Å². The molecule has 0 aliphatic heterocycles. The van der Waals surface area contributed by atoms with Crippen molar-refractivity contribution >= 4 is 0 Å². The van der Waals surface area contributed by atoms with Gasteiger partial charge in [-0.15, -0.1) is 13.2 Å². The van der Waals surface area contributed by atoms with Crippen LogP contribution in [-0.2, 0) is 0 Å². The molecule has 0 aliphatic rings. The summed E-state index contributed by atoms with van der Waals surface area (Å²) in [4.78, 5) is 2.21. The molecule has 1 unspecified atom stereocenters. The summed E-state index contributed by atoms with van der Waals surface area (Å²) in [6, 6.07) is 0.458. The summed E-state index contributed by atoms with van der Waals surface area (Å²) in [5.74, 6) is 0. The first-order chi connectivity index (χ1) is 7.22. The van der Waals surface area contributed by atoms with Gasteiger partial charge in [0.15, 0.2) is 0 Å². The van der Waals surface area contributed by atoms with Crippen molar-refractivity contribution in [3.63, 3.8) is 0 Å². The topological polar surface area (TPSA) is 29.3 Å². The van der Waals surface area contributed by atoms with Gasteiger partial charge in [-0.3, -0.25) is 0 Å². The third kappa shape index (κ3) is 24.6. The number of nitrogens with zero attached hydrogens (tertiary/aromatic N) is 1. The van der Waals surface area contributed by atoms with Crippen molar-refractivity contribution in [2.24, 2.45) is 5.73 Å². The standard InChI is InChI=1S/C7H16N2.2C2H6.C2H4/c1-4-9(3)7(2)5-6-8;3*1-2/h5-7H,4,8H2,1-3H3;2*1-2H3;1-2H2/b6-5-;;;. The van der Waals surface area contributed by atoms with Crippen LogP contribution in [0.15, 0.2) is 25.4 Å². The molecule has 0 heterocycles. The first kappa shape index (κ1) is 23.8. The largest absolute Gasteiger partial charge is 0.405 e. The summed E-state index contributed by atoms with van der Waals surface area (Å²) in [5, 5.41) is 0. The van der Waals surface area contributed by atoms with Crippen molar-refractivity contribution in [2.45, 2.75) is 47.6 Å². The Morgan fingerprint density at radius 3 is 1.73 bits per heavy atom. The predicted molar refractivity (Wildman–Crippen MR) is 75.0 cm³/mol. The minimum absolute atomic E-state index is 0.458. The van der Waals surface area contributed by atoms with Gasteiger partial charge in [0, 0.05) is 6.04 Å². The maximum atomic E-state index is 5.21. The van der Waals surface area contributed by atoms with Gasteiger partial charge in [0.05, 0.1) is 0 Å². The summed E-state index contributed by atoms with van der Waals surface area (Å²) in [6.07, 6.45) is 3.57. The highest BCUT2D eigenvalue weighted by atomic mass is 15.1. The molecule has 0 aliphatic carbocycles. The Labute approximate surface area is 97.9 Å². The van der Waals surface area contributed by atoms with Gasteiger partial charge in [-0.25, -0.2) is 0 Å². The highest BCUT2D eigenvalue weighted by molar-refractivity contribution is 4.87. The monoisotopic (exact) mass is 216 g/mol. The summed E-state index contributed by atoms with van der Waals surface area (Å²) >= 11 is 0. The lowest BCUT2D eigenvalue weighted by Crippen LogP contribution is -2.26. The van der Waals surface area contributed by atoms with Crippen molar-refractivity contribution in [1.82, 2.24) is 4.90 Å². The molecule has 0 radical (unpaired) electrons. The Morgan fingerprint density at radius 1 is 1.20 bits per heavy atom. The van der Waals surface area contributed by atoms with E-state index in [-0.39, 0.29) is 0 Å². The van der Waals surface area contributed by atoms with Gasteiger partial charge in [-0.1, -0.05) is 40.7 Å². The second kappa shape index (κ2) is 29.2. The van der Waals surface area contributed by atoms with Crippen LogP contribution in [0.2, 0.25) is 0 Å². The van der Waals surface area contributed by atoms with Crippen molar-refractivity contribution < 1.29 is 0 Å². The molecule has 0 saturated heterocycles. The average molecular weight is 216 g/mol. The van der Waals surface area contributed by atoms with Crippen molar-refractivity contribution in [2.75, 3.05) is 13.6 Å². The van der Waals surface area contributed by atoms with E-state index >= 15 is 0 Å². The van der Waals surface area contributed by atoms with E-state index in [1.807, 2.05) is 33.8 Å². The van der Waals surface area contributed by atoms with Crippen LogP contribution in [0.25, 0.3) is 0 Å². The van der Waals surface area contributed by atoms with E-state index in [1.54, 1.807) is 6.20 Å². The molecule has 2 heteroatoms. The highest BCUT2D eigenvalue weighted by Gasteiger charge is 1.99. The zero-order valence-electron chi connectivity index (χ0n) is 11.9. The number of likely N-dealkylation sites (N-methyl/N-ethyl adjacent to an activating group) is 1. The molecule has 0 saturated carbocycles. The van der Waals surface area contributed by atoms with E-state index in [0.29, 0.717) is 6.04 Å². The molecular formula is C13H32N2. The molecule has 0 bridgehead atoms. The molecule has 0 spiro atoms. The third-order valence-corrected chi connectivity index (χ3v) is 1.58. The van der Waals surface area contributed by atoms with Crippen LogP contribution in [0.4, 0.5) is 0 Å². The third-order valence-electron chi connectivity index (χ3n) is 1.58. The lowest BCUT2D eigenvalue weighted by Gasteiger charge is -2.18. The van der Waals surface area contributed by atoms with Gasteiger partial charge in [-0.05, 0) is 26.7 Å². The molecule has 0 aromatic carbocycles. The number of hydrogen-bond donors (Lipinski definition) is 1.